The fraction of sp³-hybridized carbons (Fsp3) is 0.667. The van der Waals surface area contributed by atoms with Crippen LogP contribution in [0.1, 0.15) is 43.2 Å². The second kappa shape index (κ2) is 12.6. The lowest BCUT2D eigenvalue weighted by Crippen LogP contribution is -2.37. The Morgan fingerprint density at radius 3 is 2.70 bits per heavy atom. The predicted molar refractivity (Wildman–Crippen MR) is 110 cm³/mol. The molecule has 1 aromatic carbocycles. The Morgan fingerprint density at radius 2 is 1.96 bits per heavy atom. The number of guanidine groups is 1. The summed E-state index contributed by atoms with van der Waals surface area (Å²) in [5.41, 5.74) is 2.39. The van der Waals surface area contributed by atoms with Gasteiger partial charge < -0.3 is 24.8 Å². The van der Waals surface area contributed by atoms with E-state index in [0.717, 1.165) is 37.5 Å². The molecule has 1 fully saturated rings. The van der Waals surface area contributed by atoms with E-state index in [1.165, 1.54) is 24.0 Å². The Hall–Kier alpha value is -1.79. The molecule has 2 rings (SSSR count). The fourth-order valence-electron chi connectivity index (χ4n) is 3.13. The van der Waals surface area contributed by atoms with Crippen molar-refractivity contribution >= 4 is 5.96 Å². The largest absolute Gasteiger partial charge is 0.490 e. The first kappa shape index (κ1) is 21.5. The van der Waals surface area contributed by atoms with Crippen LogP contribution in [0.3, 0.4) is 0 Å². The molecule has 1 saturated carbocycles. The molecule has 6 heteroatoms. The molecule has 0 aliphatic heterocycles. The maximum absolute atomic E-state index is 6.27. The molecule has 2 N–H and O–H groups in total. The molecule has 1 aromatic rings. The van der Waals surface area contributed by atoms with Gasteiger partial charge in [0.05, 0.1) is 19.3 Å². The van der Waals surface area contributed by atoms with E-state index in [-0.39, 0.29) is 0 Å². The summed E-state index contributed by atoms with van der Waals surface area (Å²) in [6.45, 7) is 5.59. The van der Waals surface area contributed by atoms with E-state index in [4.69, 9.17) is 14.2 Å². The van der Waals surface area contributed by atoms with Crippen LogP contribution in [0.5, 0.6) is 5.75 Å². The van der Waals surface area contributed by atoms with Crippen molar-refractivity contribution in [1.29, 1.82) is 0 Å². The van der Waals surface area contributed by atoms with Crippen LogP contribution in [0.25, 0.3) is 0 Å². The van der Waals surface area contributed by atoms with Crippen LogP contribution in [0, 0.1) is 6.92 Å². The van der Waals surface area contributed by atoms with Crippen molar-refractivity contribution in [3.05, 3.63) is 29.3 Å². The third kappa shape index (κ3) is 8.18. The van der Waals surface area contributed by atoms with Crippen molar-refractivity contribution in [2.24, 2.45) is 4.99 Å². The predicted octanol–water partition coefficient (Wildman–Crippen LogP) is 3.03. The number of aryl methyl sites for hydroxylation is 1. The van der Waals surface area contributed by atoms with E-state index in [0.29, 0.717) is 32.5 Å². The number of benzene rings is 1. The molecule has 0 radical (unpaired) electrons. The van der Waals surface area contributed by atoms with Crippen LogP contribution in [-0.2, 0) is 16.0 Å². The van der Waals surface area contributed by atoms with E-state index in [1.807, 2.05) is 0 Å². The molecule has 27 heavy (non-hydrogen) atoms. The van der Waals surface area contributed by atoms with Gasteiger partial charge in [-0.3, -0.25) is 4.99 Å². The third-order valence-corrected chi connectivity index (χ3v) is 4.68. The first-order valence-electron chi connectivity index (χ1n) is 10.0. The van der Waals surface area contributed by atoms with Crippen molar-refractivity contribution in [3.63, 3.8) is 0 Å². The quantitative estimate of drug-likeness (QED) is 0.353. The van der Waals surface area contributed by atoms with Crippen LogP contribution in [0.4, 0.5) is 0 Å². The van der Waals surface area contributed by atoms with Gasteiger partial charge in [-0.2, -0.15) is 0 Å². The van der Waals surface area contributed by atoms with E-state index in [2.05, 4.69) is 40.7 Å². The molecule has 0 bridgehead atoms. The highest BCUT2D eigenvalue weighted by molar-refractivity contribution is 5.79. The second-order valence-corrected chi connectivity index (χ2v) is 6.95. The van der Waals surface area contributed by atoms with Gasteiger partial charge in [0.2, 0.25) is 0 Å². The average Bonchev–Trinajstić information content (AvgIpc) is 3.18. The van der Waals surface area contributed by atoms with Gasteiger partial charge in [-0.15, -0.1) is 0 Å². The van der Waals surface area contributed by atoms with Gasteiger partial charge in [-0.25, -0.2) is 0 Å². The number of nitrogens with zero attached hydrogens (tertiary/aromatic N) is 1. The van der Waals surface area contributed by atoms with Crippen molar-refractivity contribution < 1.29 is 14.2 Å². The zero-order valence-electron chi connectivity index (χ0n) is 17.1. The monoisotopic (exact) mass is 377 g/mol. The van der Waals surface area contributed by atoms with Crippen LogP contribution < -0.4 is 15.4 Å². The zero-order chi connectivity index (χ0) is 19.3. The third-order valence-electron chi connectivity index (χ3n) is 4.68. The Balaban J connectivity index is 1.76. The van der Waals surface area contributed by atoms with E-state index >= 15 is 0 Å². The Kier molecular flexibility index (Phi) is 10.0. The van der Waals surface area contributed by atoms with Crippen molar-refractivity contribution in [3.8, 4) is 5.75 Å². The summed E-state index contributed by atoms with van der Waals surface area (Å²) in [5, 5.41) is 6.70. The summed E-state index contributed by atoms with van der Waals surface area (Å²) in [4.78, 5) is 4.29. The van der Waals surface area contributed by atoms with Crippen LogP contribution >= 0.6 is 0 Å². The highest BCUT2D eigenvalue weighted by Crippen LogP contribution is 2.27. The number of hydrogen-bond acceptors (Lipinski definition) is 4. The molecule has 0 aromatic heterocycles. The Bertz CT molecular complexity index is 572. The standard InChI is InChI=1S/C21H35N3O3/c1-17-9-10-18(20(15-17)27-19-7-4-5-8-19)16-24-21(22-2)23-11-6-12-26-14-13-25-3/h9-10,15,19H,4-8,11-14,16H2,1-3H3,(H2,22,23,24). The second-order valence-electron chi connectivity index (χ2n) is 6.95. The molecule has 0 heterocycles. The van der Waals surface area contributed by atoms with Crippen LogP contribution in [0.2, 0.25) is 0 Å². The molecule has 0 atom stereocenters. The molecule has 1 aliphatic carbocycles. The highest BCUT2D eigenvalue weighted by atomic mass is 16.5. The topological polar surface area (TPSA) is 64.1 Å². The molecular formula is C21H35N3O3. The number of nitrogens with one attached hydrogen (secondary N) is 2. The minimum absolute atomic E-state index is 0.362. The lowest BCUT2D eigenvalue weighted by atomic mass is 10.1. The SMILES string of the molecule is CN=C(NCCCOCCOC)NCc1ccc(C)cc1OC1CCCC1. The number of methoxy groups -OCH3 is 1. The molecule has 0 saturated heterocycles. The molecule has 152 valence electrons. The summed E-state index contributed by atoms with van der Waals surface area (Å²) in [6, 6.07) is 6.42. The fourth-order valence-corrected chi connectivity index (χ4v) is 3.13. The van der Waals surface area contributed by atoms with Crippen LogP contribution in [-0.4, -0.2) is 52.6 Å². The van der Waals surface area contributed by atoms with Gasteiger partial charge in [-0.1, -0.05) is 12.1 Å². The number of ether oxygens (including phenoxy) is 3. The molecule has 6 nitrogen and oxygen atoms in total. The summed E-state index contributed by atoms with van der Waals surface area (Å²) in [7, 11) is 3.47. The number of rotatable bonds is 11. The Morgan fingerprint density at radius 1 is 1.15 bits per heavy atom. The minimum atomic E-state index is 0.362. The van der Waals surface area contributed by atoms with Crippen LogP contribution in [0.15, 0.2) is 23.2 Å². The summed E-state index contributed by atoms with van der Waals surface area (Å²) >= 11 is 0. The lowest BCUT2D eigenvalue weighted by Gasteiger charge is -2.18. The normalized spacial score (nSPS) is 15.1. The average molecular weight is 378 g/mol. The number of hydrogen-bond donors (Lipinski definition) is 2. The molecule has 0 amide bonds. The first-order valence-corrected chi connectivity index (χ1v) is 10.0. The van der Waals surface area contributed by atoms with Gasteiger partial charge in [0.1, 0.15) is 5.75 Å². The zero-order valence-corrected chi connectivity index (χ0v) is 17.1. The van der Waals surface area contributed by atoms with Crippen molar-refractivity contribution in [2.45, 2.75) is 51.7 Å². The minimum Gasteiger partial charge on any atom is -0.490 e. The van der Waals surface area contributed by atoms with E-state index in [1.54, 1.807) is 14.2 Å². The smallest absolute Gasteiger partial charge is 0.191 e. The van der Waals surface area contributed by atoms with E-state index in [9.17, 15) is 0 Å². The summed E-state index contributed by atoms with van der Waals surface area (Å²) in [6.07, 6.45) is 6.16. The van der Waals surface area contributed by atoms with E-state index < -0.39 is 0 Å². The van der Waals surface area contributed by atoms with Gasteiger partial charge in [0.15, 0.2) is 5.96 Å². The van der Waals surface area contributed by atoms with Crippen molar-refractivity contribution in [2.75, 3.05) is 40.5 Å². The summed E-state index contributed by atoms with van der Waals surface area (Å²) < 4.78 is 16.7. The highest BCUT2D eigenvalue weighted by Gasteiger charge is 2.18. The molecule has 0 spiro atoms. The van der Waals surface area contributed by atoms with Gasteiger partial charge in [0, 0.05) is 39.4 Å². The van der Waals surface area contributed by atoms with Gasteiger partial charge in [-0.05, 0) is 50.7 Å². The van der Waals surface area contributed by atoms with Gasteiger partial charge >= 0.3 is 0 Å². The maximum Gasteiger partial charge on any atom is 0.191 e. The molecular weight excluding hydrogens is 342 g/mol. The first-order chi connectivity index (χ1) is 13.2. The maximum atomic E-state index is 6.27. The van der Waals surface area contributed by atoms with Crippen molar-refractivity contribution in [1.82, 2.24) is 10.6 Å². The van der Waals surface area contributed by atoms with Gasteiger partial charge in [0.25, 0.3) is 0 Å². The lowest BCUT2D eigenvalue weighted by molar-refractivity contribution is 0.0698. The Labute approximate surface area is 163 Å². The molecule has 1 aliphatic rings. The molecule has 0 unspecified atom stereocenters. The number of aliphatic imine (C=N–C) groups is 1. The summed E-state index contributed by atoms with van der Waals surface area (Å²) in [5.74, 6) is 1.79.